The molecule has 0 fully saturated rings. The first-order valence-corrected chi connectivity index (χ1v) is 6.95. The highest BCUT2D eigenvalue weighted by atomic mass is 79.9. The summed E-state index contributed by atoms with van der Waals surface area (Å²) in [5.41, 5.74) is 1.64. The number of halogens is 1. The maximum Gasteiger partial charge on any atom is 0.0221 e. The summed E-state index contributed by atoms with van der Waals surface area (Å²) in [6, 6.07) is 8.42. The van der Waals surface area contributed by atoms with Gasteiger partial charge in [0.2, 0.25) is 0 Å². The van der Waals surface area contributed by atoms with Gasteiger partial charge in [0.25, 0.3) is 0 Å². The molecule has 0 aliphatic rings. The second kappa shape index (κ2) is 6.41. The van der Waals surface area contributed by atoms with Crippen LogP contribution < -0.4 is 5.32 Å². The van der Waals surface area contributed by atoms with Crippen LogP contribution in [0.5, 0.6) is 0 Å². The third-order valence-electron chi connectivity index (χ3n) is 3.64. The van der Waals surface area contributed by atoms with Gasteiger partial charge in [-0.1, -0.05) is 54.9 Å². The summed E-state index contributed by atoms with van der Waals surface area (Å²) in [6.45, 7) is 7.73. The summed E-state index contributed by atoms with van der Waals surface area (Å²) in [5.74, 6) is 0. The number of hydrogen-bond donors (Lipinski definition) is 1. The molecule has 0 aliphatic heterocycles. The fourth-order valence-corrected chi connectivity index (χ4v) is 2.47. The first-order valence-electron chi connectivity index (χ1n) is 6.16. The molecule has 0 saturated carbocycles. The van der Waals surface area contributed by atoms with Crippen LogP contribution in [0.3, 0.4) is 0 Å². The van der Waals surface area contributed by atoms with Gasteiger partial charge in [0.05, 0.1) is 0 Å². The van der Waals surface area contributed by atoms with Crippen molar-refractivity contribution < 1.29 is 0 Å². The van der Waals surface area contributed by atoms with Crippen molar-refractivity contribution in [2.24, 2.45) is 0 Å². The average molecular weight is 284 g/mol. The molecule has 0 bridgehead atoms. The highest BCUT2D eigenvalue weighted by Gasteiger charge is 2.22. The molecule has 1 aromatic carbocycles. The maximum absolute atomic E-state index is 3.71. The molecule has 2 heteroatoms. The van der Waals surface area contributed by atoms with E-state index in [-0.39, 0.29) is 0 Å². The van der Waals surface area contributed by atoms with E-state index in [1.807, 2.05) is 0 Å². The van der Waals surface area contributed by atoms with Gasteiger partial charge < -0.3 is 5.32 Å². The Kier molecular flexibility index (Phi) is 5.50. The summed E-state index contributed by atoms with van der Waals surface area (Å²) in [4.78, 5) is 0. The lowest BCUT2D eigenvalue weighted by molar-refractivity contribution is 0.288. The summed E-state index contributed by atoms with van der Waals surface area (Å²) in [6.07, 6.45) is 3.55. The molecule has 90 valence electrons. The van der Waals surface area contributed by atoms with Gasteiger partial charge in [-0.3, -0.25) is 0 Å². The minimum atomic E-state index is 0.301. The molecular formula is C14H22BrN. The van der Waals surface area contributed by atoms with E-state index in [2.05, 4.69) is 66.3 Å². The highest BCUT2D eigenvalue weighted by Crippen LogP contribution is 2.22. The van der Waals surface area contributed by atoms with E-state index in [0.717, 1.165) is 6.54 Å². The molecule has 1 nitrogen and oxygen atoms in total. The van der Waals surface area contributed by atoms with E-state index in [4.69, 9.17) is 0 Å². The van der Waals surface area contributed by atoms with Gasteiger partial charge in [-0.15, -0.1) is 0 Å². The third kappa shape index (κ3) is 3.33. The minimum Gasteiger partial charge on any atom is -0.307 e. The Hall–Kier alpha value is -0.340. The van der Waals surface area contributed by atoms with Crippen molar-refractivity contribution >= 4 is 15.9 Å². The Morgan fingerprint density at radius 2 is 1.62 bits per heavy atom. The summed E-state index contributed by atoms with van der Waals surface area (Å²) >= 11 is 3.59. The maximum atomic E-state index is 3.71. The first-order chi connectivity index (χ1) is 7.67. The Morgan fingerprint density at radius 3 is 2.12 bits per heavy atom. The van der Waals surface area contributed by atoms with E-state index in [1.54, 1.807) is 0 Å². The summed E-state index contributed by atoms with van der Waals surface area (Å²) < 4.78 is 1.19. The van der Waals surface area contributed by atoms with Crippen molar-refractivity contribution in [2.45, 2.75) is 52.1 Å². The smallest absolute Gasteiger partial charge is 0.0221 e. The van der Waals surface area contributed by atoms with Gasteiger partial charge in [-0.25, -0.2) is 0 Å². The van der Waals surface area contributed by atoms with Gasteiger partial charge >= 0.3 is 0 Å². The lowest BCUT2D eigenvalue weighted by Crippen LogP contribution is -2.43. The molecule has 0 aliphatic carbocycles. The molecule has 0 unspecified atom stereocenters. The van der Waals surface area contributed by atoms with E-state index in [9.17, 15) is 0 Å². The lowest BCUT2D eigenvalue weighted by atomic mass is 9.89. The molecule has 0 amide bonds. The third-order valence-corrected chi connectivity index (χ3v) is 4.42. The van der Waals surface area contributed by atoms with Crippen LogP contribution >= 0.6 is 15.9 Å². The second-order valence-corrected chi connectivity index (χ2v) is 5.14. The van der Waals surface area contributed by atoms with Crippen LogP contribution in [0.2, 0.25) is 0 Å². The number of nitrogens with one attached hydrogen (secondary N) is 1. The largest absolute Gasteiger partial charge is 0.307 e. The Morgan fingerprint density at radius 1 is 1.06 bits per heavy atom. The van der Waals surface area contributed by atoms with Crippen LogP contribution in [0, 0.1) is 0 Å². The molecule has 0 atom stereocenters. The van der Waals surface area contributed by atoms with Crippen LogP contribution in [-0.2, 0) is 6.54 Å². The minimum absolute atomic E-state index is 0.301. The van der Waals surface area contributed by atoms with Crippen LogP contribution in [0.15, 0.2) is 28.7 Å². The van der Waals surface area contributed by atoms with Crippen molar-refractivity contribution in [1.82, 2.24) is 5.32 Å². The average Bonchev–Trinajstić information content (AvgIpc) is 2.34. The molecule has 0 radical (unpaired) electrons. The number of hydrogen-bond acceptors (Lipinski definition) is 1. The van der Waals surface area contributed by atoms with Crippen molar-refractivity contribution in [3.8, 4) is 0 Å². The summed E-state index contributed by atoms with van der Waals surface area (Å²) in [7, 11) is 0. The van der Waals surface area contributed by atoms with Crippen molar-refractivity contribution in [3.63, 3.8) is 0 Å². The van der Waals surface area contributed by atoms with Gasteiger partial charge in [0.15, 0.2) is 0 Å². The molecule has 16 heavy (non-hydrogen) atoms. The van der Waals surface area contributed by atoms with Gasteiger partial charge in [0, 0.05) is 16.6 Å². The van der Waals surface area contributed by atoms with E-state index in [1.165, 1.54) is 29.3 Å². The SMILES string of the molecule is CCC(CC)(CC)NCc1ccccc1Br. The van der Waals surface area contributed by atoms with Gasteiger partial charge in [-0.05, 0) is 30.9 Å². The Balaban J connectivity index is 2.66. The molecule has 1 rings (SSSR count). The topological polar surface area (TPSA) is 12.0 Å². The van der Waals surface area contributed by atoms with Crippen molar-refractivity contribution in [2.75, 3.05) is 0 Å². The Bertz CT molecular complexity index is 310. The van der Waals surface area contributed by atoms with E-state index >= 15 is 0 Å². The van der Waals surface area contributed by atoms with Crippen molar-refractivity contribution in [1.29, 1.82) is 0 Å². The fourth-order valence-electron chi connectivity index (χ4n) is 2.05. The predicted octanol–water partition coefficient (Wildman–Crippen LogP) is 4.51. The fraction of sp³-hybridized carbons (Fsp3) is 0.571. The van der Waals surface area contributed by atoms with Crippen LogP contribution in [0.1, 0.15) is 45.6 Å². The Labute approximate surface area is 108 Å². The van der Waals surface area contributed by atoms with E-state index in [0.29, 0.717) is 5.54 Å². The lowest BCUT2D eigenvalue weighted by Gasteiger charge is -2.32. The number of benzene rings is 1. The highest BCUT2D eigenvalue weighted by molar-refractivity contribution is 9.10. The normalized spacial score (nSPS) is 11.8. The van der Waals surface area contributed by atoms with Gasteiger partial charge in [0.1, 0.15) is 0 Å². The monoisotopic (exact) mass is 283 g/mol. The number of rotatable bonds is 6. The van der Waals surface area contributed by atoms with Crippen LogP contribution in [0.4, 0.5) is 0 Å². The van der Waals surface area contributed by atoms with E-state index < -0.39 is 0 Å². The quantitative estimate of drug-likeness (QED) is 0.810. The second-order valence-electron chi connectivity index (χ2n) is 4.29. The molecule has 1 aromatic rings. The zero-order chi connectivity index (χ0) is 12.0. The molecule has 0 heterocycles. The van der Waals surface area contributed by atoms with Crippen LogP contribution in [0.25, 0.3) is 0 Å². The van der Waals surface area contributed by atoms with Gasteiger partial charge in [-0.2, -0.15) is 0 Å². The van der Waals surface area contributed by atoms with Crippen LogP contribution in [-0.4, -0.2) is 5.54 Å². The molecule has 1 N–H and O–H groups in total. The molecule has 0 spiro atoms. The molecule has 0 saturated heterocycles. The zero-order valence-electron chi connectivity index (χ0n) is 10.5. The van der Waals surface area contributed by atoms with Crippen molar-refractivity contribution in [3.05, 3.63) is 34.3 Å². The molecular weight excluding hydrogens is 262 g/mol. The zero-order valence-corrected chi connectivity index (χ0v) is 12.1. The predicted molar refractivity (Wildman–Crippen MR) is 74.6 cm³/mol. The molecule has 0 aromatic heterocycles. The summed E-state index contributed by atoms with van der Waals surface area (Å²) in [5, 5.41) is 3.71. The standard InChI is InChI=1S/C14H22BrN/c1-4-14(5-2,6-3)16-11-12-9-7-8-10-13(12)15/h7-10,16H,4-6,11H2,1-3H3. The first kappa shape index (κ1) is 13.7.